The van der Waals surface area contributed by atoms with Crippen LogP contribution < -0.4 is 14.8 Å². The number of aromatic nitrogens is 4. The van der Waals surface area contributed by atoms with Crippen molar-refractivity contribution < 1.29 is 35.9 Å². The molecule has 0 bridgehead atoms. The first-order chi connectivity index (χ1) is 18.7. The van der Waals surface area contributed by atoms with Gasteiger partial charge >= 0.3 is 6.18 Å². The smallest absolute Gasteiger partial charge is 0.393 e. The molecular formula is C24H23F4N7O4S. The summed E-state index contributed by atoms with van der Waals surface area (Å²) in [6.45, 7) is 1.53. The van der Waals surface area contributed by atoms with Crippen LogP contribution >= 0.6 is 0 Å². The number of H-pyrrole nitrogens is 1. The molecule has 0 saturated heterocycles. The standard InChI is InChI=1S/C24H23F4N7O4S/c1-3-17(36)20-19-22(30-11-12-6-4-5-7-16(12)35(2)40(29,38)39)31-21(32-23(19)34-33-20)14-9-15(25)18(37)8-13(14)10-24(26,27)28/h4-9,37H,3,10-11H2,1-2H3,(H2,29,38,39)(H2,30,31,32,33,34). The molecular weight excluding hydrogens is 558 g/mol. The second-order valence-corrected chi connectivity index (χ2v) is 10.3. The van der Waals surface area contributed by atoms with Gasteiger partial charge in [-0.05, 0) is 29.3 Å². The Hall–Kier alpha value is -4.31. The number of nitrogens with zero attached hydrogens (tertiary/aromatic N) is 4. The van der Waals surface area contributed by atoms with E-state index in [-0.39, 0.29) is 58.4 Å². The summed E-state index contributed by atoms with van der Waals surface area (Å²) < 4.78 is 78.9. The molecule has 0 aliphatic carbocycles. The Bertz CT molecular complexity index is 1710. The number of phenolic OH excluding ortho intramolecular Hbond substituents is 1. The number of benzene rings is 2. The fourth-order valence-electron chi connectivity index (χ4n) is 4.01. The van der Waals surface area contributed by atoms with Crippen molar-refractivity contribution in [3.05, 3.63) is 59.0 Å². The van der Waals surface area contributed by atoms with Crippen molar-refractivity contribution in [2.75, 3.05) is 16.7 Å². The number of carbonyl (C=O) groups is 1. The van der Waals surface area contributed by atoms with Gasteiger partial charge in [-0.25, -0.2) is 19.5 Å². The van der Waals surface area contributed by atoms with Gasteiger partial charge in [0.1, 0.15) is 11.5 Å². The Labute approximate surface area is 225 Å². The Morgan fingerprint density at radius 2 is 1.88 bits per heavy atom. The fraction of sp³-hybridized carbons (Fsp3) is 0.250. The van der Waals surface area contributed by atoms with E-state index in [1.54, 1.807) is 25.1 Å². The summed E-state index contributed by atoms with van der Waals surface area (Å²) >= 11 is 0. The number of Topliss-reactive ketones (excluding diaryl/α,β-unsaturated/α-hetero) is 1. The number of alkyl halides is 3. The van der Waals surface area contributed by atoms with Crippen LogP contribution in [0, 0.1) is 5.82 Å². The maximum absolute atomic E-state index is 14.3. The number of fused-ring (bicyclic) bond motifs is 1. The molecule has 2 heterocycles. The van der Waals surface area contributed by atoms with Crippen LogP contribution in [0.15, 0.2) is 36.4 Å². The number of rotatable bonds is 9. The van der Waals surface area contributed by atoms with Gasteiger partial charge in [0.15, 0.2) is 28.8 Å². The van der Waals surface area contributed by atoms with Crippen LogP contribution in [0.4, 0.5) is 29.1 Å². The zero-order chi connectivity index (χ0) is 29.4. The molecule has 2 aromatic heterocycles. The quantitative estimate of drug-likeness (QED) is 0.171. The van der Waals surface area contributed by atoms with Gasteiger partial charge in [-0.15, -0.1) is 0 Å². The summed E-state index contributed by atoms with van der Waals surface area (Å²) in [7, 11) is -2.85. The molecule has 0 unspecified atom stereocenters. The molecule has 16 heteroatoms. The number of nitrogens with two attached hydrogens (primary N) is 1. The number of hydrogen-bond donors (Lipinski definition) is 4. The van der Waals surface area contributed by atoms with Crippen LogP contribution in [0.3, 0.4) is 0 Å². The molecule has 40 heavy (non-hydrogen) atoms. The summed E-state index contributed by atoms with van der Waals surface area (Å²) in [6, 6.07) is 7.68. The Balaban J connectivity index is 1.87. The molecule has 212 valence electrons. The fourth-order valence-corrected chi connectivity index (χ4v) is 4.46. The van der Waals surface area contributed by atoms with Gasteiger partial charge < -0.3 is 10.4 Å². The molecule has 0 fully saturated rings. The van der Waals surface area contributed by atoms with Crippen molar-refractivity contribution in [1.82, 2.24) is 20.2 Å². The van der Waals surface area contributed by atoms with Crippen LogP contribution in [0.5, 0.6) is 5.75 Å². The number of halogens is 4. The maximum atomic E-state index is 14.3. The monoisotopic (exact) mass is 581 g/mol. The first-order valence-electron chi connectivity index (χ1n) is 11.7. The Kier molecular flexibility index (Phi) is 7.67. The van der Waals surface area contributed by atoms with Crippen LogP contribution in [-0.2, 0) is 23.2 Å². The predicted octanol–water partition coefficient (Wildman–Crippen LogP) is 3.81. The highest BCUT2D eigenvalue weighted by Crippen LogP contribution is 2.35. The van der Waals surface area contributed by atoms with Crippen molar-refractivity contribution in [3.63, 3.8) is 0 Å². The summed E-state index contributed by atoms with van der Waals surface area (Å²) in [6.07, 6.45) is -6.12. The molecule has 0 aliphatic heterocycles. The van der Waals surface area contributed by atoms with Crippen LogP contribution in [0.1, 0.15) is 35.0 Å². The topological polar surface area (TPSA) is 167 Å². The van der Waals surface area contributed by atoms with Crippen molar-refractivity contribution in [1.29, 1.82) is 0 Å². The average Bonchev–Trinajstić information content (AvgIpc) is 3.31. The highest BCUT2D eigenvalue weighted by atomic mass is 32.2. The maximum Gasteiger partial charge on any atom is 0.393 e. The van der Waals surface area contributed by atoms with E-state index in [1.807, 2.05) is 0 Å². The third-order valence-corrected chi connectivity index (χ3v) is 6.94. The molecule has 0 aliphatic rings. The largest absolute Gasteiger partial charge is 0.505 e. The minimum absolute atomic E-state index is 0.0360. The van der Waals surface area contributed by atoms with Gasteiger partial charge in [-0.2, -0.15) is 26.7 Å². The van der Waals surface area contributed by atoms with E-state index in [0.717, 1.165) is 4.31 Å². The third kappa shape index (κ3) is 5.96. The lowest BCUT2D eigenvalue weighted by atomic mass is 10.0. The van der Waals surface area contributed by atoms with Gasteiger partial charge in [-0.3, -0.25) is 14.2 Å². The van der Waals surface area contributed by atoms with Crippen molar-refractivity contribution in [2.45, 2.75) is 32.5 Å². The molecule has 2 aromatic carbocycles. The number of carbonyl (C=O) groups excluding carboxylic acids is 1. The van der Waals surface area contributed by atoms with E-state index >= 15 is 0 Å². The minimum Gasteiger partial charge on any atom is -0.505 e. The summed E-state index contributed by atoms with van der Waals surface area (Å²) in [4.78, 5) is 21.1. The number of phenols is 1. The molecule has 4 aromatic rings. The van der Waals surface area contributed by atoms with E-state index in [9.17, 15) is 35.9 Å². The Morgan fingerprint density at radius 3 is 2.52 bits per heavy atom. The van der Waals surface area contributed by atoms with Gasteiger partial charge in [0.2, 0.25) is 0 Å². The second-order valence-electron chi connectivity index (χ2n) is 8.72. The lowest BCUT2D eigenvalue weighted by Gasteiger charge is -2.20. The van der Waals surface area contributed by atoms with Crippen molar-refractivity contribution >= 4 is 38.5 Å². The van der Waals surface area contributed by atoms with E-state index in [2.05, 4.69) is 25.5 Å². The minimum atomic E-state index is -4.70. The Morgan fingerprint density at radius 1 is 1.18 bits per heavy atom. The third-order valence-electron chi connectivity index (χ3n) is 5.98. The van der Waals surface area contributed by atoms with Gasteiger partial charge in [0.25, 0.3) is 10.2 Å². The number of aromatic amines is 1. The van der Waals surface area contributed by atoms with Crippen LogP contribution in [0.2, 0.25) is 0 Å². The number of nitrogens with one attached hydrogen (secondary N) is 2. The first kappa shape index (κ1) is 28.7. The molecule has 4 rings (SSSR count). The summed E-state index contributed by atoms with van der Waals surface area (Å²) in [5, 5.41) is 24.6. The highest BCUT2D eigenvalue weighted by molar-refractivity contribution is 7.90. The number of ketones is 1. The van der Waals surface area contributed by atoms with E-state index in [4.69, 9.17) is 5.14 Å². The van der Waals surface area contributed by atoms with E-state index in [1.165, 1.54) is 13.1 Å². The molecule has 5 N–H and O–H groups in total. The lowest BCUT2D eigenvalue weighted by Crippen LogP contribution is -2.33. The summed E-state index contributed by atoms with van der Waals surface area (Å²) in [5.41, 5.74) is -0.226. The second kappa shape index (κ2) is 10.7. The van der Waals surface area contributed by atoms with Crippen molar-refractivity contribution in [3.8, 4) is 17.1 Å². The summed E-state index contributed by atoms with van der Waals surface area (Å²) in [5.74, 6) is -2.92. The average molecular weight is 582 g/mol. The molecule has 0 spiro atoms. The number of anilines is 2. The number of aromatic hydroxyl groups is 1. The van der Waals surface area contributed by atoms with Crippen LogP contribution in [-0.4, -0.2) is 52.7 Å². The first-order valence-corrected chi connectivity index (χ1v) is 13.2. The van der Waals surface area contributed by atoms with E-state index < -0.39 is 39.9 Å². The molecule has 11 nitrogen and oxygen atoms in total. The van der Waals surface area contributed by atoms with Crippen LogP contribution in [0.25, 0.3) is 22.4 Å². The zero-order valence-corrected chi connectivity index (χ0v) is 21.9. The molecule has 0 saturated carbocycles. The number of hydrogen-bond acceptors (Lipinski definition) is 8. The van der Waals surface area contributed by atoms with Crippen molar-refractivity contribution in [2.24, 2.45) is 5.14 Å². The molecule has 0 atom stereocenters. The van der Waals surface area contributed by atoms with Gasteiger partial charge in [0.05, 0.1) is 17.5 Å². The normalized spacial score (nSPS) is 12.1. The number of para-hydroxylation sites is 1. The van der Waals surface area contributed by atoms with Gasteiger partial charge in [0, 0.05) is 25.6 Å². The predicted molar refractivity (Wildman–Crippen MR) is 138 cm³/mol. The van der Waals surface area contributed by atoms with E-state index in [0.29, 0.717) is 17.7 Å². The lowest BCUT2D eigenvalue weighted by molar-refractivity contribution is -0.127. The van der Waals surface area contributed by atoms with Gasteiger partial charge in [-0.1, -0.05) is 25.1 Å². The molecule has 0 amide bonds. The zero-order valence-electron chi connectivity index (χ0n) is 21.0. The molecule has 0 radical (unpaired) electrons. The SMILES string of the molecule is CCC(=O)c1[nH]nc2nc(-c3cc(F)c(O)cc3CC(F)(F)F)nc(NCc3ccccc3N(C)S(N)(=O)=O)c12. The highest BCUT2D eigenvalue weighted by Gasteiger charge is 2.31.